The molecule has 0 aromatic heterocycles. The lowest BCUT2D eigenvalue weighted by Crippen LogP contribution is -2.26. The average molecular weight is 343 g/mol. The number of rotatable bonds is 10. The van der Waals surface area contributed by atoms with Gasteiger partial charge < -0.3 is 9.47 Å². The topological polar surface area (TPSA) is 52.6 Å². The van der Waals surface area contributed by atoms with Gasteiger partial charge in [0.2, 0.25) is 0 Å². The van der Waals surface area contributed by atoms with E-state index >= 15 is 0 Å². The fourth-order valence-corrected chi connectivity index (χ4v) is 2.05. The summed E-state index contributed by atoms with van der Waals surface area (Å²) in [6.45, 7) is 15.7. The summed E-state index contributed by atoms with van der Waals surface area (Å²) in [5, 5.41) is 0. The molecule has 0 saturated carbocycles. The van der Waals surface area contributed by atoms with Gasteiger partial charge in [-0.3, -0.25) is 9.59 Å². The molecule has 0 heterocycles. The number of methoxy groups -OCH3 is 1. The van der Waals surface area contributed by atoms with Gasteiger partial charge in [0.05, 0.1) is 17.9 Å². The van der Waals surface area contributed by atoms with Crippen molar-refractivity contribution in [3.63, 3.8) is 0 Å². The number of carbonyl (C=O) groups excluding carboxylic acids is 2. The van der Waals surface area contributed by atoms with Crippen LogP contribution in [-0.2, 0) is 19.1 Å². The van der Waals surface area contributed by atoms with Crippen molar-refractivity contribution >= 4 is 11.9 Å². The van der Waals surface area contributed by atoms with Gasteiger partial charge in [0.25, 0.3) is 0 Å². The molecule has 0 unspecified atom stereocenters. The third-order valence-electron chi connectivity index (χ3n) is 3.93. The van der Waals surface area contributed by atoms with Gasteiger partial charge in [-0.2, -0.15) is 0 Å². The number of ether oxygens (including phenoxy) is 2. The molecule has 24 heavy (non-hydrogen) atoms. The fraction of sp³-hybridized carbons (Fsp3) is 0.800. The van der Waals surface area contributed by atoms with E-state index in [1.54, 1.807) is 6.08 Å². The van der Waals surface area contributed by atoms with Gasteiger partial charge in [-0.1, -0.05) is 52.2 Å². The minimum absolute atomic E-state index is 0.106. The Kier molecular flexibility index (Phi) is 13.5. The third-order valence-corrected chi connectivity index (χ3v) is 3.93. The maximum Gasteiger partial charge on any atom is 0.311 e. The molecule has 0 rings (SSSR count). The van der Waals surface area contributed by atoms with Crippen LogP contribution < -0.4 is 0 Å². The number of carbonyl (C=O) groups is 2. The van der Waals surface area contributed by atoms with E-state index in [1.165, 1.54) is 7.11 Å². The highest BCUT2D eigenvalue weighted by molar-refractivity contribution is 5.76. The summed E-state index contributed by atoms with van der Waals surface area (Å²) in [5.41, 5.74) is -0.649. The quantitative estimate of drug-likeness (QED) is 0.399. The van der Waals surface area contributed by atoms with Crippen LogP contribution in [-0.4, -0.2) is 25.7 Å². The number of hydrogen-bond acceptors (Lipinski definition) is 4. The molecule has 4 heteroatoms. The summed E-state index contributed by atoms with van der Waals surface area (Å²) >= 11 is 0. The van der Waals surface area contributed by atoms with Crippen molar-refractivity contribution in [2.75, 3.05) is 13.7 Å². The van der Waals surface area contributed by atoms with Crippen molar-refractivity contribution in [2.45, 2.75) is 80.1 Å². The van der Waals surface area contributed by atoms with E-state index in [4.69, 9.17) is 4.74 Å². The lowest BCUT2D eigenvalue weighted by Gasteiger charge is -2.21. The van der Waals surface area contributed by atoms with E-state index < -0.39 is 0 Å². The first-order chi connectivity index (χ1) is 11.1. The highest BCUT2D eigenvalue weighted by Crippen LogP contribution is 2.25. The normalized spacial score (nSPS) is 11.1. The SMILES string of the molecule is C=CCOC(=O)C(C)(C)CCCC.CCCCC(C)(C)C(=O)OC. The summed E-state index contributed by atoms with van der Waals surface area (Å²) in [4.78, 5) is 22.6. The second kappa shape index (κ2) is 13.0. The molecule has 0 aliphatic rings. The standard InChI is InChI=1S/C11H20O2.C9H18O2/c1-5-7-8-11(3,4)10(12)13-9-6-2;1-5-6-7-9(2,3)8(10)11-4/h6H,2,5,7-9H2,1,3-4H3;5-7H2,1-4H3. The second-order valence-corrected chi connectivity index (χ2v) is 7.35. The molecule has 0 atom stereocenters. The zero-order valence-electron chi connectivity index (χ0n) is 16.9. The van der Waals surface area contributed by atoms with Gasteiger partial charge >= 0.3 is 11.9 Å². The summed E-state index contributed by atoms with van der Waals surface area (Å²) in [5.74, 6) is -0.230. The summed E-state index contributed by atoms with van der Waals surface area (Å²) in [6.07, 6.45) is 7.78. The molecule has 0 N–H and O–H groups in total. The van der Waals surface area contributed by atoms with Gasteiger partial charge in [-0.15, -0.1) is 0 Å². The molecule has 0 aliphatic carbocycles. The van der Waals surface area contributed by atoms with Crippen molar-refractivity contribution in [3.05, 3.63) is 12.7 Å². The zero-order valence-corrected chi connectivity index (χ0v) is 16.9. The van der Waals surface area contributed by atoms with Gasteiger partial charge in [-0.25, -0.2) is 0 Å². The first-order valence-electron chi connectivity index (χ1n) is 8.95. The Morgan fingerprint density at radius 3 is 1.67 bits per heavy atom. The van der Waals surface area contributed by atoms with Crippen molar-refractivity contribution in [1.29, 1.82) is 0 Å². The van der Waals surface area contributed by atoms with E-state index in [9.17, 15) is 9.59 Å². The molecule has 0 amide bonds. The molecule has 0 aromatic carbocycles. The Hall–Kier alpha value is -1.32. The van der Waals surface area contributed by atoms with Crippen LogP contribution in [0.15, 0.2) is 12.7 Å². The molecule has 0 spiro atoms. The lowest BCUT2D eigenvalue weighted by molar-refractivity contribution is -0.153. The van der Waals surface area contributed by atoms with Crippen LogP contribution in [0.3, 0.4) is 0 Å². The predicted octanol–water partition coefficient (Wildman–Crippen LogP) is 5.31. The van der Waals surface area contributed by atoms with E-state index in [1.807, 2.05) is 27.7 Å². The smallest absolute Gasteiger partial charge is 0.311 e. The Morgan fingerprint density at radius 1 is 0.917 bits per heavy atom. The number of hydrogen-bond donors (Lipinski definition) is 0. The monoisotopic (exact) mass is 342 g/mol. The zero-order chi connectivity index (χ0) is 19.2. The molecule has 0 fully saturated rings. The van der Waals surface area contributed by atoms with Crippen molar-refractivity contribution < 1.29 is 19.1 Å². The summed E-state index contributed by atoms with van der Waals surface area (Å²) < 4.78 is 9.67. The van der Waals surface area contributed by atoms with E-state index in [0.29, 0.717) is 6.61 Å². The molecular formula is C20H38O4. The van der Waals surface area contributed by atoms with Crippen LogP contribution in [0.2, 0.25) is 0 Å². The third kappa shape index (κ3) is 11.3. The molecular weight excluding hydrogens is 304 g/mol. The molecule has 0 aliphatic heterocycles. The van der Waals surface area contributed by atoms with Crippen molar-refractivity contribution in [1.82, 2.24) is 0 Å². The van der Waals surface area contributed by atoms with Crippen molar-refractivity contribution in [2.24, 2.45) is 10.8 Å². The first-order valence-corrected chi connectivity index (χ1v) is 8.95. The Bertz CT molecular complexity index is 370. The molecule has 0 aromatic rings. The largest absolute Gasteiger partial charge is 0.469 e. The minimum Gasteiger partial charge on any atom is -0.469 e. The molecule has 0 saturated heterocycles. The summed E-state index contributed by atoms with van der Waals surface area (Å²) in [6, 6.07) is 0. The lowest BCUT2D eigenvalue weighted by atomic mass is 9.87. The van der Waals surface area contributed by atoms with Gasteiger partial charge in [-0.05, 0) is 40.5 Å². The van der Waals surface area contributed by atoms with Crippen molar-refractivity contribution in [3.8, 4) is 0 Å². The molecule has 0 bridgehead atoms. The first kappa shape index (κ1) is 24.9. The number of unbranched alkanes of at least 4 members (excludes halogenated alkanes) is 2. The Balaban J connectivity index is 0. The number of esters is 2. The van der Waals surface area contributed by atoms with Crippen LogP contribution in [0.25, 0.3) is 0 Å². The Labute approximate surface area is 149 Å². The van der Waals surface area contributed by atoms with E-state index in [2.05, 4.69) is 25.2 Å². The van der Waals surface area contributed by atoms with E-state index in [0.717, 1.165) is 38.5 Å². The van der Waals surface area contributed by atoms with Crippen LogP contribution in [0.5, 0.6) is 0 Å². The van der Waals surface area contributed by atoms with Gasteiger partial charge in [0, 0.05) is 0 Å². The highest BCUT2D eigenvalue weighted by atomic mass is 16.5. The van der Waals surface area contributed by atoms with Crippen LogP contribution in [0.4, 0.5) is 0 Å². The second-order valence-electron chi connectivity index (χ2n) is 7.35. The average Bonchev–Trinajstić information content (AvgIpc) is 2.55. The Morgan fingerprint density at radius 2 is 1.33 bits per heavy atom. The van der Waals surface area contributed by atoms with Crippen LogP contribution in [0.1, 0.15) is 80.1 Å². The highest BCUT2D eigenvalue weighted by Gasteiger charge is 2.28. The van der Waals surface area contributed by atoms with Crippen LogP contribution in [0, 0.1) is 10.8 Å². The maximum atomic E-state index is 11.5. The van der Waals surface area contributed by atoms with Crippen LogP contribution >= 0.6 is 0 Å². The predicted molar refractivity (Wildman–Crippen MR) is 99.8 cm³/mol. The summed E-state index contributed by atoms with van der Waals surface area (Å²) in [7, 11) is 1.44. The minimum atomic E-state index is -0.348. The molecule has 0 radical (unpaired) electrons. The van der Waals surface area contributed by atoms with E-state index in [-0.39, 0.29) is 22.8 Å². The molecule has 4 nitrogen and oxygen atoms in total. The molecule has 142 valence electrons. The maximum absolute atomic E-state index is 11.5. The van der Waals surface area contributed by atoms with Gasteiger partial charge in [0.15, 0.2) is 0 Å². The van der Waals surface area contributed by atoms with Gasteiger partial charge in [0.1, 0.15) is 6.61 Å². The fourth-order valence-electron chi connectivity index (χ4n) is 2.05.